The fourth-order valence-electron chi connectivity index (χ4n) is 37.7. The van der Waals surface area contributed by atoms with Crippen molar-refractivity contribution >= 4 is 29.5 Å². The quantitative estimate of drug-likeness (QED) is 0.0753. The molecule has 670 valence electrons. The average Bonchev–Trinajstić information content (AvgIpc) is 1.35. The molecule has 16 fully saturated rings. The normalized spacial score (nSPS) is 50.9. The van der Waals surface area contributed by atoms with E-state index in [1.54, 1.807) is 0 Å². The summed E-state index contributed by atoms with van der Waals surface area (Å²) in [6.45, 7) is 45.5. The number of rotatable bonds is 18. The van der Waals surface area contributed by atoms with E-state index < -0.39 is 17.9 Å². The number of aliphatic hydroxyl groups excluding tert-OH is 3. The van der Waals surface area contributed by atoms with E-state index in [0.29, 0.717) is 195 Å². The highest BCUT2D eigenvalue weighted by atomic mass is 16.4. The Morgan fingerprint density at radius 1 is 0.356 bits per heavy atom. The maximum absolute atomic E-state index is 14.0. The highest BCUT2D eigenvalue weighted by Crippen LogP contribution is 2.75. The van der Waals surface area contributed by atoms with Crippen molar-refractivity contribution < 1.29 is 54.6 Å². The Kier molecular flexibility index (Phi) is 28.1. The minimum atomic E-state index is -0.683. The van der Waals surface area contributed by atoms with E-state index in [4.69, 9.17) is 10.2 Å². The summed E-state index contributed by atoms with van der Waals surface area (Å²) >= 11 is 0. The molecule has 0 radical (unpaired) electrons. The number of hydrogen-bond acceptors (Lipinski definition) is 9. The topological polar surface area (TPSA) is 231 Å². The third kappa shape index (κ3) is 15.9. The molecular weight excluding hydrogens is 1460 g/mol. The van der Waals surface area contributed by atoms with Gasteiger partial charge in [0.05, 0.1) is 24.4 Å². The Hall–Kier alpha value is -2.88. The van der Waals surface area contributed by atoms with Gasteiger partial charge in [-0.3, -0.25) is 24.0 Å². The maximum Gasteiger partial charge on any atom is 0.303 e. The minimum absolute atomic E-state index is 0.138. The standard InChI is InChI=1S/C27H46O3.C27H44O3.C26H41NO.C26H44O4/c2*1-6-18-22-15-16(2)11-13-27(22,5)21-12-14-26(4)19(17(3)7-10-23(28)29)8-9-20(26)24(21)25(18)30;1-6-18-22-15-16(2)9-12-26(22,5)21-10-13-25(4)19(17(3)11-14-27)7-8-20(25)23(21)24(18)28;1-5-17-21-14-16(27)10-12-26(21,4)20-11-13-25(3)18(15(2)6-9-22(28)29)7-8-19(25)23(20)24(17)30/h16-22,24-25,30H,6-15H2,1-5H3,(H,28,29);16-22,24H,6-15H2,1-5H3,(H,28,29);16-23H,6-13,15H2,1-5H3;15-21,23-24,27,30H,5-14H2,1-4H3,(H,28,29)/t16-,17-,18-,19-,20?,21?,22+,24?,25-,26-,27-;16-,17-,18-,19-,20?,21?,22+,24?,26-,27-;16-,17-,18-,19-,20?,21?,22+,23?,25-,26-;15-,16-,17-,18-,19?,20?,21+,23?,24-,25-,26-/m1111/s1. The molecule has 12 heteroatoms. The second-order valence-corrected chi connectivity index (χ2v) is 48.5. The Morgan fingerprint density at radius 2 is 0.627 bits per heavy atom. The van der Waals surface area contributed by atoms with Crippen LogP contribution in [0.3, 0.4) is 0 Å². The van der Waals surface area contributed by atoms with Crippen molar-refractivity contribution in [1.29, 1.82) is 5.26 Å². The number of Topliss-reactive ketones (excluding diaryl/α,β-unsaturated/α-hetero) is 2. The van der Waals surface area contributed by atoms with Gasteiger partial charge in [0.1, 0.15) is 11.6 Å². The van der Waals surface area contributed by atoms with Crippen LogP contribution < -0.4 is 0 Å². The molecule has 16 aliphatic rings. The van der Waals surface area contributed by atoms with Gasteiger partial charge in [-0.05, 0) is 396 Å². The second-order valence-electron chi connectivity index (χ2n) is 48.5. The van der Waals surface area contributed by atoms with E-state index in [9.17, 15) is 49.7 Å². The van der Waals surface area contributed by atoms with Crippen LogP contribution in [0.2, 0.25) is 0 Å². The number of carbonyl (C=O) groups is 5. The summed E-state index contributed by atoms with van der Waals surface area (Å²) in [5, 5.41) is 70.6. The van der Waals surface area contributed by atoms with Gasteiger partial charge >= 0.3 is 17.9 Å². The molecule has 16 saturated carbocycles. The lowest BCUT2D eigenvalue weighted by Gasteiger charge is -2.65. The first-order valence-corrected chi connectivity index (χ1v) is 50.8. The summed E-state index contributed by atoms with van der Waals surface area (Å²) in [4.78, 5) is 61.3. The van der Waals surface area contributed by atoms with Gasteiger partial charge in [-0.1, -0.05) is 164 Å². The van der Waals surface area contributed by atoms with Crippen molar-refractivity contribution in [2.75, 3.05) is 0 Å². The molecule has 0 aromatic carbocycles. The van der Waals surface area contributed by atoms with Crippen molar-refractivity contribution in [3.63, 3.8) is 0 Å². The number of carboxylic acid groups (broad SMARTS) is 3. The van der Waals surface area contributed by atoms with Gasteiger partial charge in [-0.2, -0.15) is 5.26 Å². The van der Waals surface area contributed by atoms with E-state index in [1.165, 1.54) is 161 Å². The number of hydrogen-bond donors (Lipinski definition) is 6. The zero-order valence-electron chi connectivity index (χ0n) is 78.4. The second kappa shape index (κ2) is 35.7. The van der Waals surface area contributed by atoms with Gasteiger partial charge < -0.3 is 30.6 Å². The monoisotopic (exact) mass is 1640 g/mol. The van der Waals surface area contributed by atoms with Crippen LogP contribution >= 0.6 is 0 Å². The minimum Gasteiger partial charge on any atom is -0.481 e. The first-order valence-electron chi connectivity index (χ1n) is 50.8. The molecule has 0 bridgehead atoms. The fraction of sp³-hybridized carbons (Fsp3) is 0.943. The SMILES string of the molecule is CC[C@H]1C(=O)C2C3CC[C@H]([C@H](C)CC#N)[C@@]3(C)CCC2[C@@]2(C)CC[C@@H](C)C[C@@H]12.CC[C@H]1C(=O)C2C3CC[C@H]([C@H](C)CCC(=O)O)[C@@]3(C)CCC2[C@@]2(C)CC[C@@H](C)C[C@@H]12.CC[C@H]1[C@@H](O)C2C3CC[C@H]([C@H](C)CCC(=O)O)[C@@]3(C)CCC2[C@@]2(C)CC[C@@H](C)C[C@@H]12.CC[C@H]1[C@@H](O)C2C3CC[C@H]([C@H](C)CCC(=O)O)[C@@]3(C)CCC2[C@@]2(C)CC[C@@H](O)C[C@@H]12. The smallest absolute Gasteiger partial charge is 0.303 e. The van der Waals surface area contributed by atoms with Crippen molar-refractivity contribution in [2.24, 2.45) is 227 Å². The number of fused-ring (bicyclic) bond motifs is 20. The lowest BCUT2D eigenvalue weighted by Crippen LogP contribution is -2.62. The van der Waals surface area contributed by atoms with E-state index >= 15 is 0 Å². The molecule has 12 nitrogen and oxygen atoms in total. The summed E-state index contributed by atoms with van der Waals surface area (Å²) in [5.41, 5.74) is 2.39. The molecule has 118 heavy (non-hydrogen) atoms. The van der Waals surface area contributed by atoms with Gasteiger partial charge in [0.25, 0.3) is 0 Å². The Morgan fingerprint density at radius 3 is 0.958 bits per heavy atom. The third-order valence-corrected chi connectivity index (χ3v) is 43.8. The molecule has 0 spiro atoms. The fourth-order valence-corrected chi connectivity index (χ4v) is 37.7. The molecule has 16 aliphatic carbocycles. The maximum atomic E-state index is 14.0. The number of carboxylic acids is 3. The zero-order valence-corrected chi connectivity index (χ0v) is 78.4. The number of nitrogens with zero attached hydrogens (tertiary/aromatic N) is 1. The van der Waals surface area contributed by atoms with Gasteiger partial charge in [0, 0.05) is 49.4 Å². The van der Waals surface area contributed by atoms with Gasteiger partial charge in [-0.25, -0.2) is 0 Å². The lowest BCUT2D eigenvalue weighted by molar-refractivity contribution is -0.203. The van der Waals surface area contributed by atoms with Gasteiger partial charge in [0.15, 0.2) is 0 Å². The molecule has 42 atom stereocenters. The average molecular weight is 1640 g/mol. The predicted octanol–water partition coefficient (Wildman–Crippen LogP) is 24.7. The Labute approximate surface area is 718 Å². The van der Waals surface area contributed by atoms with Crippen molar-refractivity contribution in [3.05, 3.63) is 0 Å². The molecule has 0 aliphatic heterocycles. The van der Waals surface area contributed by atoms with Crippen LogP contribution in [0.4, 0.5) is 0 Å². The molecule has 12 unspecified atom stereocenters. The molecule has 0 amide bonds. The van der Waals surface area contributed by atoms with Gasteiger partial charge in [0.2, 0.25) is 0 Å². The van der Waals surface area contributed by atoms with Crippen LogP contribution in [0.5, 0.6) is 0 Å². The molecule has 0 saturated heterocycles. The van der Waals surface area contributed by atoms with Crippen LogP contribution in [0, 0.1) is 238 Å². The molecule has 6 N–H and O–H groups in total. The molecule has 0 aromatic rings. The summed E-state index contributed by atoms with van der Waals surface area (Å²) in [5.74, 6) is 15.6. The third-order valence-electron chi connectivity index (χ3n) is 43.8. The molecular formula is C106H175NO11. The van der Waals surface area contributed by atoms with Crippen LogP contribution in [-0.4, -0.2) is 78.4 Å². The zero-order chi connectivity index (χ0) is 85.8. The highest BCUT2D eigenvalue weighted by molar-refractivity contribution is 5.86. The summed E-state index contributed by atoms with van der Waals surface area (Å²) in [6.07, 6.45) is 41.8. The highest BCUT2D eigenvalue weighted by Gasteiger charge is 2.71. The van der Waals surface area contributed by atoms with Gasteiger partial charge in [-0.15, -0.1) is 0 Å². The number of nitriles is 1. The van der Waals surface area contributed by atoms with Crippen LogP contribution in [0.1, 0.15) is 382 Å². The molecule has 16 rings (SSSR count). The largest absolute Gasteiger partial charge is 0.481 e. The van der Waals surface area contributed by atoms with Crippen molar-refractivity contribution in [3.8, 4) is 6.07 Å². The number of aliphatic carboxylic acids is 3. The van der Waals surface area contributed by atoms with E-state index in [1.807, 2.05) is 0 Å². The number of aliphatic hydroxyl groups is 3. The molecule has 0 aromatic heterocycles. The Bertz CT molecular complexity index is 3440. The van der Waals surface area contributed by atoms with Crippen LogP contribution in [-0.2, 0) is 24.0 Å². The first-order chi connectivity index (χ1) is 55.7. The number of ketones is 2. The predicted molar refractivity (Wildman–Crippen MR) is 472 cm³/mol. The first kappa shape index (κ1) is 92.8. The summed E-state index contributed by atoms with van der Waals surface area (Å²) < 4.78 is 0. The van der Waals surface area contributed by atoms with Crippen molar-refractivity contribution in [2.45, 2.75) is 400 Å². The van der Waals surface area contributed by atoms with Crippen LogP contribution in [0.15, 0.2) is 0 Å². The van der Waals surface area contributed by atoms with Crippen LogP contribution in [0.25, 0.3) is 0 Å². The molecule has 0 heterocycles. The summed E-state index contributed by atoms with van der Waals surface area (Å²) in [6, 6.07) is 2.42. The lowest BCUT2D eigenvalue weighted by atomic mass is 9.41. The summed E-state index contributed by atoms with van der Waals surface area (Å²) in [7, 11) is 0. The van der Waals surface area contributed by atoms with E-state index in [2.05, 4.69) is 138 Å². The van der Waals surface area contributed by atoms with Crippen molar-refractivity contribution in [1.82, 2.24) is 0 Å². The Balaban J connectivity index is 0.000000136. The number of carbonyl (C=O) groups excluding carboxylic acids is 2. The van der Waals surface area contributed by atoms with E-state index in [0.717, 1.165) is 82.0 Å². The van der Waals surface area contributed by atoms with E-state index in [-0.39, 0.29) is 70.1 Å².